The SMILES string of the molecule is Cn1cnnc1-c1cc(F)ccc1-c1cccc(-c2nc3cc(CNC[C@H](O)C4CC4)cc(C(F)(F)F)c3o2)c1. The summed E-state index contributed by atoms with van der Waals surface area (Å²) in [5.74, 6) is 0.311. The Labute approximate surface area is 226 Å². The van der Waals surface area contributed by atoms with E-state index in [-0.39, 0.29) is 29.5 Å². The molecule has 0 saturated heterocycles. The lowest BCUT2D eigenvalue weighted by Crippen LogP contribution is -2.27. The van der Waals surface area contributed by atoms with Gasteiger partial charge in [-0.25, -0.2) is 9.37 Å². The average Bonchev–Trinajstić information content (AvgIpc) is 3.55. The van der Waals surface area contributed by atoms with E-state index in [9.17, 15) is 22.7 Å². The number of fused-ring (bicyclic) bond motifs is 1. The lowest BCUT2D eigenvalue weighted by molar-refractivity contribution is -0.136. The van der Waals surface area contributed by atoms with Crippen molar-refractivity contribution in [2.24, 2.45) is 13.0 Å². The molecule has 2 heterocycles. The molecule has 1 aliphatic rings. The smallest absolute Gasteiger partial charge is 0.420 e. The number of hydrogen-bond donors (Lipinski definition) is 2. The Morgan fingerprint density at radius 1 is 1.07 bits per heavy atom. The van der Waals surface area contributed by atoms with E-state index >= 15 is 0 Å². The van der Waals surface area contributed by atoms with Crippen LogP contribution in [-0.2, 0) is 19.8 Å². The Kier molecular flexibility index (Phi) is 6.63. The van der Waals surface area contributed by atoms with Crippen molar-refractivity contribution in [3.8, 4) is 34.0 Å². The number of halogens is 4. The Balaban J connectivity index is 1.36. The third-order valence-corrected chi connectivity index (χ3v) is 7.06. The number of aryl methyl sites for hydroxylation is 1. The Hall–Kier alpha value is -4.09. The molecule has 1 aliphatic carbocycles. The van der Waals surface area contributed by atoms with Crippen LogP contribution in [0.15, 0.2) is 65.3 Å². The van der Waals surface area contributed by atoms with Gasteiger partial charge in [-0.15, -0.1) is 10.2 Å². The molecule has 6 rings (SSSR count). The van der Waals surface area contributed by atoms with Gasteiger partial charge in [-0.1, -0.05) is 18.2 Å². The molecule has 0 unspecified atom stereocenters. The molecule has 2 aromatic heterocycles. The summed E-state index contributed by atoms with van der Waals surface area (Å²) in [7, 11) is 1.75. The molecule has 7 nitrogen and oxygen atoms in total. The number of benzene rings is 3. The van der Waals surface area contributed by atoms with Crippen LogP contribution in [0.4, 0.5) is 17.6 Å². The van der Waals surface area contributed by atoms with Gasteiger partial charge in [-0.2, -0.15) is 13.2 Å². The molecular weight excluding hydrogens is 526 g/mol. The van der Waals surface area contributed by atoms with Crippen molar-refractivity contribution < 1.29 is 27.1 Å². The van der Waals surface area contributed by atoms with Gasteiger partial charge in [0.25, 0.3) is 0 Å². The Morgan fingerprint density at radius 2 is 1.88 bits per heavy atom. The fourth-order valence-corrected chi connectivity index (χ4v) is 4.84. The predicted molar refractivity (Wildman–Crippen MR) is 140 cm³/mol. The second-order valence-corrected chi connectivity index (χ2v) is 10.1. The zero-order valence-corrected chi connectivity index (χ0v) is 21.4. The van der Waals surface area contributed by atoms with Crippen molar-refractivity contribution in [3.05, 3.63) is 77.9 Å². The van der Waals surface area contributed by atoms with Crippen LogP contribution in [0.5, 0.6) is 0 Å². The molecule has 1 fully saturated rings. The lowest BCUT2D eigenvalue weighted by atomic mass is 9.97. The van der Waals surface area contributed by atoms with Crippen LogP contribution in [0.3, 0.4) is 0 Å². The molecule has 0 bridgehead atoms. The van der Waals surface area contributed by atoms with E-state index in [0.717, 1.165) is 18.9 Å². The first-order valence-electron chi connectivity index (χ1n) is 12.8. The maximum Gasteiger partial charge on any atom is 0.420 e. The minimum absolute atomic E-state index is 0.0268. The highest BCUT2D eigenvalue weighted by atomic mass is 19.4. The van der Waals surface area contributed by atoms with Crippen molar-refractivity contribution in [3.63, 3.8) is 0 Å². The number of rotatable bonds is 8. The number of oxazole rings is 1. The van der Waals surface area contributed by atoms with Crippen molar-refractivity contribution >= 4 is 11.1 Å². The number of aromatic nitrogens is 4. The third-order valence-electron chi connectivity index (χ3n) is 7.06. The quantitative estimate of drug-likeness (QED) is 0.231. The van der Waals surface area contributed by atoms with Crippen molar-refractivity contribution in [1.29, 1.82) is 0 Å². The van der Waals surface area contributed by atoms with Gasteiger partial charge in [-0.3, -0.25) is 0 Å². The van der Waals surface area contributed by atoms with E-state index in [0.29, 0.717) is 40.2 Å². The fraction of sp³-hybridized carbons (Fsp3) is 0.276. The van der Waals surface area contributed by atoms with E-state index in [4.69, 9.17) is 4.42 Å². The van der Waals surface area contributed by atoms with E-state index in [1.807, 2.05) is 0 Å². The lowest BCUT2D eigenvalue weighted by Gasteiger charge is -2.12. The normalized spacial score (nSPS) is 14.7. The summed E-state index contributed by atoms with van der Waals surface area (Å²) in [5.41, 5.74) is 1.51. The standard InChI is InChI=1S/C29H25F4N5O2/c1-38-15-35-37-27(38)22-12-20(30)7-8-21(22)18-3-2-4-19(11-18)28-36-24-10-16(13-34-14-25(39)17-5-6-17)9-23(26(24)40-28)29(31,32)33/h2-4,7-12,15,17,25,34,39H,5-6,13-14H2,1H3/t25-/m0/s1. The fourth-order valence-electron chi connectivity index (χ4n) is 4.84. The maximum atomic E-state index is 14.2. The molecule has 206 valence electrons. The molecule has 1 atom stereocenters. The Bertz CT molecular complexity index is 1690. The van der Waals surface area contributed by atoms with Crippen LogP contribution >= 0.6 is 0 Å². The summed E-state index contributed by atoms with van der Waals surface area (Å²) >= 11 is 0. The summed E-state index contributed by atoms with van der Waals surface area (Å²) in [6, 6.07) is 13.9. The van der Waals surface area contributed by atoms with Gasteiger partial charge in [-0.05, 0) is 71.8 Å². The molecule has 0 spiro atoms. The molecular formula is C29H25F4N5O2. The van der Waals surface area contributed by atoms with Gasteiger partial charge in [0, 0.05) is 31.3 Å². The molecule has 40 heavy (non-hydrogen) atoms. The number of nitrogens with zero attached hydrogens (tertiary/aromatic N) is 4. The second-order valence-electron chi connectivity index (χ2n) is 10.1. The minimum Gasteiger partial charge on any atom is -0.435 e. The first kappa shape index (κ1) is 26.1. The summed E-state index contributed by atoms with van der Waals surface area (Å²) in [6.07, 6.45) is -1.71. The number of nitrogens with one attached hydrogen (secondary N) is 1. The second kappa shape index (κ2) is 10.1. The minimum atomic E-state index is -4.65. The van der Waals surface area contributed by atoms with E-state index in [1.165, 1.54) is 18.5 Å². The van der Waals surface area contributed by atoms with Gasteiger partial charge in [0.05, 0.1) is 6.10 Å². The van der Waals surface area contributed by atoms with Gasteiger partial charge in [0.15, 0.2) is 11.4 Å². The van der Waals surface area contributed by atoms with E-state index in [2.05, 4.69) is 20.5 Å². The molecule has 0 aliphatic heterocycles. The number of hydrogen-bond acceptors (Lipinski definition) is 6. The van der Waals surface area contributed by atoms with Crippen LogP contribution < -0.4 is 5.32 Å². The molecule has 1 saturated carbocycles. The summed E-state index contributed by atoms with van der Waals surface area (Å²) in [6.45, 7) is 0.455. The van der Waals surface area contributed by atoms with Crippen molar-refractivity contribution in [1.82, 2.24) is 25.1 Å². The first-order chi connectivity index (χ1) is 19.2. The number of alkyl halides is 3. The van der Waals surface area contributed by atoms with Gasteiger partial charge in [0.1, 0.15) is 23.2 Å². The zero-order valence-electron chi connectivity index (χ0n) is 21.4. The maximum absolute atomic E-state index is 14.2. The summed E-state index contributed by atoms with van der Waals surface area (Å²) in [5, 5.41) is 21.1. The van der Waals surface area contributed by atoms with Crippen LogP contribution in [0, 0.1) is 11.7 Å². The molecule has 11 heteroatoms. The largest absolute Gasteiger partial charge is 0.435 e. The van der Waals surface area contributed by atoms with Crippen LogP contribution in [0.25, 0.3) is 45.1 Å². The third kappa shape index (κ3) is 5.22. The highest BCUT2D eigenvalue weighted by Crippen LogP contribution is 2.39. The molecule has 5 aromatic rings. The van der Waals surface area contributed by atoms with E-state index < -0.39 is 23.7 Å². The number of aliphatic hydroxyl groups is 1. The number of aliphatic hydroxyl groups excluding tert-OH is 1. The molecule has 0 amide bonds. The molecule has 0 radical (unpaired) electrons. The Morgan fingerprint density at radius 3 is 2.60 bits per heavy atom. The van der Waals surface area contributed by atoms with Crippen LogP contribution in [0.2, 0.25) is 0 Å². The predicted octanol–water partition coefficient (Wildman–Crippen LogP) is 5.98. The van der Waals surface area contributed by atoms with E-state index in [1.54, 1.807) is 48.0 Å². The van der Waals surface area contributed by atoms with Gasteiger partial charge >= 0.3 is 6.18 Å². The van der Waals surface area contributed by atoms with Gasteiger partial charge < -0.3 is 19.4 Å². The highest BCUT2D eigenvalue weighted by molar-refractivity contribution is 5.84. The first-order valence-corrected chi connectivity index (χ1v) is 12.8. The van der Waals surface area contributed by atoms with Crippen molar-refractivity contribution in [2.45, 2.75) is 31.7 Å². The monoisotopic (exact) mass is 551 g/mol. The van der Waals surface area contributed by atoms with Gasteiger partial charge in [0.2, 0.25) is 5.89 Å². The summed E-state index contributed by atoms with van der Waals surface area (Å²) in [4.78, 5) is 4.40. The van der Waals surface area contributed by atoms with Crippen LogP contribution in [-0.4, -0.2) is 37.5 Å². The van der Waals surface area contributed by atoms with Crippen molar-refractivity contribution in [2.75, 3.05) is 6.54 Å². The van der Waals surface area contributed by atoms with Crippen LogP contribution in [0.1, 0.15) is 24.0 Å². The highest BCUT2D eigenvalue weighted by Gasteiger charge is 2.36. The topological polar surface area (TPSA) is 89.0 Å². The summed E-state index contributed by atoms with van der Waals surface area (Å²) < 4.78 is 63.6. The molecule has 2 N–H and O–H groups in total. The zero-order chi connectivity index (χ0) is 28.0. The molecule has 3 aromatic carbocycles. The average molecular weight is 552 g/mol.